The Kier molecular flexibility index (Phi) is 3.73. The van der Waals surface area contributed by atoms with E-state index in [1.165, 1.54) is 0 Å². The summed E-state index contributed by atoms with van der Waals surface area (Å²) in [6, 6.07) is 0. The van der Waals surface area contributed by atoms with Gasteiger partial charge in [0.1, 0.15) is 12.1 Å². The van der Waals surface area contributed by atoms with Gasteiger partial charge in [0, 0.05) is 18.3 Å². The average molecular weight is 296 g/mol. The van der Waals surface area contributed by atoms with E-state index in [0.717, 1.165) is 34.6 Å². The number of aromatic nitrogens is 4. The van der Waals surface area contributed by atoms with Crippen LogP contribution in [0.4, 0.5) is 5.82 Å². The highest BCUT2D eigenvalue weighted by Crippen LogP contribution is 2.20. The first-order chi connectivity index (χ1) is 8.26. The number of hydrogen-bond donors (Lipinski definition) is 1. The van der Waals surface area contributed by atoms with Gasteiger partial charge >= 0.3 is 0 Å². The van der Waals surface area contributed by atoms with Gasteiger partial charge in [0.25, 0.3) is 0 Å². The summed E-state index contributed by atoms with van der Waals surface area (Å²) in [5, 5.41) is 7.49. The van der Waals surface area contributed by atoms with Gasteiger partial charge in [-0.2, -0.15) is 5.10 Å². The fourth-order valence-electron chi connectivity index (χ4n) is 1.66. The molecule has 2 aromatic rings. The first-order valence-electron chi connectivity index (χ1n) is 5.54. The van der Waals surface area contributed by atoms with E-state index in [2.05, 4.69) is 43.2 Å². The Bertz CT molecular complexity index is 508. The van der Waals surface area contributed by atoms with Gasteiger partial charge in [0.15, 0.2) is 5.82 Å². The van der Waals surface area contributed by atoms with Gasteiger partial charge < -0.3 is 5.32 Å². The number of hydrogen-bond acceptors (Lipinski definition) is 4. The van der Waals surface area contributed by atoms with Gasteiger partial charge in [-0.05, 0) is 29.3 Å². The van der Waals surface area contributed by atoms with Crippen molar-refractivity contribution in [3.05, 3.63) is 28.8 Å². The molecule has 0 aliphatic rings. The van der Waals surface area contributed by atoms with E-state index in [1.807, 2.05) is 13.1 Å². The Morgan fingerprint density at radius 2 is 2.18 bits per heavy atom. The zero-order valence-electron chi connectivity index (χ0n) is 9.81. The fourth-order valence-corrected chi connectivity index (χ4v) is 1.95. The molecule has 0 aliphatic heterocycles. The minimum atomic E-state index is 0.823. The zero-order chi connectivity index (χ0) is 12.3. The first-order valence-corrected chi connectivity index (χ1v) is 6.33. The number of nitrogens with one attached hydrogen (secondary N) is 1. The smallest absolute Gasteiger partial charge is 0.162 e. The van der Waals surface area contributed by atoms with Gasteiger partial charge in [-0.3, -0.25) is 0 Å². The monoisotopic (exact) mass is 295 g/mol. The molecule has 0 atom stereocenters. The highest BCUT2D eigenvalue weighted by atomic mass is 79.9. The van der Waals surface area contributed by atoms with Crippen LogP contribution in [0, 0.1) is 0 Å². The van der Waals surface area contributed by atoms with Crippen LogP contribution in [0.25, 0.3) is 5.82 Å². The Morgan fingerprint density at radius 3 is 2.76 bits per heavy atom. The normalized spacial score (nSPS) is 10.5. The van der Waals surface area contributed by atoms with Crippen molar-refractivity contribution in [2.75, 3.05) is 11.9 Å². The largest absolute Gasteiger partial charge is 0.370 e. The van der Waals surface area contributed by atoms with Crippen LogP contribution >= 0.6 is 15.9 Å². The highest BCUT2D eigenvalue weighted by Gasteiger charge is 2.11. The molecule has 17 heavy (non-hydrogen) atoms. The molecule has 0 aromatic carbocycles. The number of nitrogens with zero attached hydrogens (tertiary/aromatic N) is 4. The lowest BCUT2D eigenvalue weighted by atomic mass is 10.2. The highest BCUT2D eigenvalue weighted by molar-refractivity contribution is 9.10. The second-order valence-electron chi connectivity index (χ2n) is 3.51. The predicted octanol–water partition coefficient (Wildman–Crippen LogP) is 2.42. The molecule has 0 fully saturated rings. The maximum Gasteiger partial charge on any atom is 0.162 e. The van der Waals surface area contributed by atoms with E-state index in [-0.39, 0.29) is 0 Å². The lowest BCUT2D eigenvalue weighted by Gasteiger charge is -2.11. The standard InChI is InChI=1S/C11H14BrN5/c1-3-9-10(13-4-2)14-7-15-11(9)17-6-8(12)5-16-17/h5-7H,3-4H2,1-2H3,(H,13,14,15). The van der Waals surface area contributed by atoms with E-state index >= 15 is 0 Å². The van der Waals surface area contributed by atoms with E-state index in [0.29, 0.717) is 0 Å². The van der Waals surface area contributed by atoms with E-state index in [4.69, 9.17) is 0 Å². The van der Waals surface area contributed by atoms with Crippen LogP contribution in [0.15, 0.2) is 23.2 Å². The van der Waals surface area contributed by atoms with Crippen LogP contribution in [0.2, 0.25) is 0 Å². The van der Waals surface area contributed by atoms with Crippen molar-refractivity contribution in [3.63, 3.8) is 0 Å². The summed E-state index contributed by atoms with van der Waals surface area (Å²) in [6.45, 7) is 4.97. The molecule has 90 valence electrons. The SMILES string of the molecule is CCNc1ncnc(-n2cc(Br)cn2)c1CC. The molecule has 5 nitrogen and oxygen atoms in total. The molecule has 0 radical (unpaired) electrons. The van der Waals surface area contributed by atoms with Crippen LogP contribution in [-0.4, -0.2) is 26.3 Å². The average Bonchev–Trinajstić information content (AvgIpc) is 2.76. The molecule has 0 bridgehead atoms. The summed E-state index contributed by atoms with van der Waals surface area (Å²) in [6.07, 6.45) is 6.05. The van der Waals surface area contributed by atoms with Crippen molar-refractivity contribution in [2.45, 2.75) is 20.3 Å². The van der Waals surface area contributed by atoms with Crippen molar-refractivity contribution in [1.29, 1.82) is 0 Å². The van der Waals surface area contributed by atoms with Crippen molar-refractivity contribution >= 4 is 21.7 Å². The molecule has 2 heterocycles. The Balaban J connectivity index is 2.49. The summed E-state index contributed by atoms with van der Waals surface area (Å²) in [5.41, 5.74) is 1.07. The van der Waals surface area contributed by atoms with Gasteiger partial charge in [0.05, 0.1) is 10.7 Å². The molecule has 0 aliphatic carbocycles. The Labute approximate surface area is 108 Å². The van der Waals surface area contributed by atoms with Gasteiger partial charge in [-0.15, -0.1) is 0 Å². The van der Waals surface area contributed by atoms with Crippen molar-refractivity contribution < 1.29 is 0 Å². The second kappa shape index (κ2) is 5.27. The maximum absolute atomic E-state index is 4.30. The molecule has 0 spiro atoms. The van der Waals surface area contributed by atoms with Crippen molar-refractivity contribution in [2.24, 2.45) is 0 Å². The minimum absolute atomic E-state index is 0.823. The molecule has 0 saturated carbocycles. The molecule has 1 N–H and O–H groups in total. The third-order valence-electron chi connectivity index (χ3n) is 2.39. The summed E-state index contributed by atoms with van der Waals surface area (Å²) in [5.74, 6) is 1.70. The molecular formula is C11H14BrN5. The third kappa shape index (κ3) is 2.46. The molecule has 0 amide bonds. The Morgan fingerprint density at radius 1 is 1.35 bits per heavy atom. The van der Waals surface area contributed by atoms with Gasteiger partial charge in [-0.25, -0.2) is 14.6 Å². The molecular weight excluding hydrogens is 282 g/mol. The van der Waals surface area contributed by atoms with Crippen LogP contribution in [0.3, 0.4) is 0 Å². The molecule has 2 aromatic heterocycles. The van der Waals surface area contributed by atoms with Crippen molar-refractivity contribution in [3.8, 4) is 5.82 Å². The van der Waals surface area contributed by atoms with Gasteiger partial charge in [-0.1, -0.05) is 6.92 Å². The lowest BCUT2D eigenvalue weighted by Crippen LogP contribution is -2.09. The van der Waals surface area contributed by atoms with E-state index in [9.17, 15) is 0 Å². The first kappa shape index (κ1) is 12.0. The Hall–Kier alpha value is -1.43. The van der Waals surface area contributed by atoms with Crippen LogP contribution < -0.4 is 5.32 Å². The fraction of sp³-hybridized carbons (Fsp3) is 0.364. The second-order valence-corrected chi connectivity index (χ2v) is 4.43. The van der Waals surface area contributed by atoms with Crippen molar-refractivity contribution in [1.82, 2.24) is 19.7 Å². The number of anilines is 1. The zero-order valence-corrected chi connectivity index (χ0v) is 11.4. The van der Waals surface area contributed by atoms with E-state index < -0.39 is 0 Å². The van der Waals surface area contributed by atoms with Gasteiger partial charge in [0.2, 0.25) is 0 Å². The number of halogens is 1. The van der Waals surface area contributed by atoms with Crippen LogP contribution in [-0.2, 0) is 6.42 Å². The molecule has 2 rings (SSSR count). The molecule has 0 saturated heterocycles. The molecule has 0 unspecified atom stereocenters. The third-order valence-corrected chi connectivity index (χ3v) is 2.80. The van der Waals surface area contributed by atoms with Crippen LogP contribution in [0.5, 0.6) is 0 Å². The van der Waals surface area contributed by atoms with Crippen LogP contribution in [0.1, 0.15) is 19.4 Å². The topological polar surface area (TPSA) is 55.6 Å². The summed E-state index contributed by atoms with van der Waals surface area (Å²) in [4.78, 5) is 8.56. The number of rotatable bonds is 4. The molecule has 6 heteroatoms. The van der Waals surface area contributed by atoms with E-state index in [1.54, 1.807) is 17.2 Å². The minimum Gasteiger partial charge on any atom is -0.370 e. The summed E-state index contributed by atoms with van der Waals surface area (Å²) >= 11 is 3.38. The summed E-state index contributed by atoms with van der Waals surface area (Å²) < 4.78 is 2.69. The lowest BCUT2D eigenvalue weighted by molar-refractivity contribution is 0.818. The quantitative estimate of drug-likeness (QED) is 0.941. The maximum atomic E-state index is 4.30. The summed E-state index contributed by atoms with van der Waals surface area (Å²) in [7, 11) is 0. The predicted molar refractivity (Wildman–Crippen MR) is 70.4 cm³/mol.